The molecule has 1 atom stereocenters. The molecule has 5 nitrogen and oxygen atoms in total. The van der Waals surface area contributed by atoms with E-state index in [1.54, 1.807) is 12.1 Å². The molecule has 0 spiro atoms. The lowest BCUT2D eigenvalue weighted by Gasteiger charge is -2.18. The van der Waals surface area contributed by atoms with Crippen molar-refractivity contribution in [3.8, 4) is 11.5 Å². The van der Waals surface area contributed by atoms with Gasteiger partial charge in [-0.3, -0.25) is 0 Å². The van der Waals surface area contributed by atoms with Crippen molar-refractivity contribution in [1.82, 2.24) is 5.32 Å². The summed E-state index contributed by atoms with van der Waals surface area (Å²) in [5.41, 5.74) is 1.68. The van der Waals surface area contributed by atoms with E-state index < -0.39 is 12.1 Å². The molecule has 0 saturated heterocycles. The lowest BCUT2D eigenvalue weighted by atomic mass is 9.98. The van der Waals surface area contributed by atoms with Gasteiger partial charge in [0, 0.05) is 0 Å². The fourth-order valence-electron chi connectivity index (χ4n) is 2.22. The Labute approximate surface area is 115 Å². The Bertz CT molecular complexity index is 627. The minimum absolute atomic E-state index is 0.196. The summed E-state index contributed by atoms with van der Waals surface area (Å²) in [4.78, 5) is 11.0. The number of ether oxygens (including phenoxy) is 2. The largest absolute Gasteiger partial charge is 0.465 e. The van der Waals surface area contributed by atoms with Crippen molar-refractivity contribution in [2.45, 2.75) is 6.04 Å². The smallest absolute Gasteiger partial charge is 0.405 e. The summed E-state index contributed by atoms with van der Waals surface area (Å²) in [6, 6.07) is 14.4. The topological polar surface area (TPSA) is 67.8 Å². The number of hydrogen-bond donors (Lipinski definition) is 2. The zero-order valence-electron chi connectivity index (χ0n) is 10.6. The van der Waals surface area contributed by atoms with E-state index in [2.05, 4.69) is 5.32 Å². The molecule has 0 aromatic heterocycles. The molecule has 3 rings (SSSR count). The van der Waals surface area contributed by atoms with Crippen LogP contribution in [0, 0.1) is 0 Å². The number of rotatable bonds is 3. The average molecular weight is 271 g/mol. The van der Waals surface area contributed by atoms with Gasteiger partial charge >= 0.3 is 6.09 Å². The maximum atomic E-state index is 11.0. The zero-order valence-corrected chi connectivity index (χ0v) is 10.6. The predicted molar refractivity (Wildman–Crippen MR) is 72.0 cm³/mol. The molecule has 102 valence electrons. The van der Waals surface area contributed by atoms with E-state index in [0.29, 0.717) is 11.5 Å². The second-order valence-electron chi connectivity index (χ2n) is 4.41. The molecular formula is C15H13NO4. The van der Waals surface area contributed by atoms with Gasteiger partial charge in [0.1, 0.15) is 0 Å². The van der Waals surface area contributed by atoms with E-state index in [1.807, 2.05) is 36.4 Å². The van der Waals surface area contributed by atoms with E-state index in [0.717, 1.165) is 11.1 Å². The molecule has 0 radical (unpaired) electrons. The van der Waals surface area contributed by atoms with Crippen LogP contribution in [0.1, 0.15) is 17.2 Å². The van der Waals surface area contributed by atoms with Crippen LogP contribution < -0.4 is 14.8 Å². The highest BCUT2D eigenvalue weighted by Gasteiger charge is 2.20. The predicted octanol–water partition coefficient (Wildman–Crippen LogP) is 2.77. The van der Waals surface area contributed by atoms with Crippen LogP contribution in [0.5, 0.6) is 11.5 Å². The Kier molecular flexibility index (Phi) is 3.16. The van der Waals surface area contributed by atoms with Crippen molar-refractivity contribution >= 4 is 6.09 Å². The van der Waals surface area contributed by atoms with Crippen LogP contribution in [0.2, 0.25) is 0 Å². The number of fused-ring (bicyclic) bond motifs is 1. The molecule has 20 heavy (non-hydrogen) atoms. The van der Waals surface area contributed by atoms with Gasteiger partial charge in [0.2, 0.25) is 6.79 Å². The maximum absolute atomic E-state index is 11.0. The van der Waals surface area contributed by atoms with Gasteiger partial charge in [-0.15, -0.1) is 0 Å². The third-order valence-electron chi connectivity index (χ3n) is 3.13. The summed E-state index contributed by atoms with van der Waals surface area (Å²) in [5, 5.41) is 11.6. The highest BCUT2D eigenvalue weighted by atomic mass is 16.7. The third kappa shape index (κ3) is 2.38. The van der Waals surface area contributed by atoms with E-state index >= 15 is 0 Å². The number of carboxylic acid groups (broad SMARTS) is 1. The van der Waals surface area contributed by atoms with Crippen LogP contribution in [-0.2, 0) is 0 Å². The second kappa shape index (κ2) is 5.13. The molecule has 0 bridgehead atoms. The number of carbonyl (C=O) groups is 1. The van der Waals surface area contributed by atoms with Gasteiger partial charge in [0.05, 0.1) is 6.04 Å². The minimum atomic E-state index is -1.07. The minimum Gasteiger partial charge on any atom is -0.465 e. The maximum Gasteiger partial charge on any atom is 0.405 e. The molecule has 1 aliphatic heterocycles. The first-order valence-corrected chi connectivity index (χ1v) is 6.18. The van der Waals surface area contributed by atoms with Gasteiger partial charge in [-0.2, -0.15) is 0 Å². The van der Waals surface area contributed by atoms with Crippen molar-refractivity contribution < 1.29 is 19.4 Å². The van der Waals surface area contributed by atoms with Gasteiger partial charge in [0.25, 0.3) is 0 Å². The lowest BCUT2D eigenvalue weighted by Crippen LogP contribution is -2.27. The molecule has 1 amide bonds. The van der Waals surface area contributed by atoms with Crippen molar-refractivity contribution in [3.63, 3.8) is 0 Å². The van der Waals surface area contributed by atoms with Crippen molar-refractivity contribution in [1.29, 1.82) is 0 Å². The molecule has 0 fully saturated rings. The van der Waals surface area contributed by atoms with Gasteiger partial charge in [-0.25, -0.2) is 4.79 Å². The standard InChI is InChI=1S/C15H13NO4/c17-15(18)16-14(10-4-2-1-3-5-10)11-6-7-12-13(8-11)20-9-19-12/h1-8,14,16H,9H2,(H,17,18). The first kappa shape index (κ1) is 12.3. The van der Waals surface area contributed by atoms with Gasteiger partial charge in [0.15, 0.2) is 11.5 Å². The number of amides is 1. The van der Waals surface area contributed by atoms with Crippen LogP contribution in [-0.4, -0.2) is 18.0 Å². The Balaban J connectivity index is 1.99. The van der Waals surface area contributed by atoms with E-state index in [4.69, 9.17) is 14.6 Å². The molecule has 2 N–H and O–H groups in total. The lowest BCUT2D eigenvalue weighted by molar-refractivity contribution is 0.174. The molecule has 1 heterocycles. The number of benzene rings is 2. The van der Waals surface area contributed by atoms with Crippen molar-refractivity contribution in [2.24, 2.45) is 0 Å². The molecule has 2 aromatic carbocycles. The number of hydrogen-bond acceptors (Lipinski definition) is 3. The Morgan fingerprint density at radius 1 is 1.05 bits per heavy atom. The van der Waals surface area contributed by atoms with E-state index in [-0.39, 0.29) is 6.79 Å². The highest BCUT2D eigenvalue weighted by Crippen LogP contribution is 2.35. The second-order valence-corrected chi connectivity index (χ2v) is 4.41. The normalized spacial score (nSPS) is 13.8. The average Bonchev–Trinajstić information content (AvgIpc) is 2.93. The van der Waals surface area contributed by atoms with Crippen LogP contribution in [0.25, 0.3) is 0 Å². The van der Waals surface area contributed by atoms with Gasteiger partial charge in [-0.1, -0.05) is 36.4 Å². The summed E-state index contributed by atoms with van der Waals surface area (Å²) in [7, 11) is 0. The Morgan fingerprint density at radius 3 is 2.55 bits per heavy atom. The monoisotopic (exact) mass is 271 g/mol. The summed E-state index contributed by atoms with van der Waals surface area (Å²) in [6.07, 6.45) is -1.07. The van der Waals surface area contributed by atoms with Crippen LogP contribution in [0.4, 0.5) is 4.79 Å². The summed E-state index contributed by atoms with van der Waals surface area (Å²) in [5.74, 6) is 1.31. The van der Waals surface area contributed by atoms with Crippen molar-refractivity contribution in [3.05, 3.63) is 59.7 Å². The van der Waals surface area contributed by atoms with Gasteiger partial charge in [-0.05, 0) is 23.3 Å². The zero-order chi connectivity index (χ0) is 13.9. The van der Waals surface area contributed by atoms with Crippen molar-refractivity contribution in [2.75, 3.05) is 6.79 Å². The van der Waals surface area contributed by atoms with Crippen LogP contribution in [0.3, 0.4) is 0 Å². The highest BCUT2D eigenvalue weighted by molar-refractivity contribution is 5.66. The molecule has 2 aromatic rings. The molecule has 5 heteroatoms. The number of nitrogens with one attached hydrogen (secondary N) is 1. The molecule has 0 aliphatic carbocycles. The Morgan fingerprint density at radius 2 is 1.80 bits per heavy atom. The fraction of sp³-hybridized carbons (Fsp3) is 0.133. The molecule has 0 saturated carbocycles. The third-order valence-corrected chi connectivity index (χ3v) is 3.13. The van der Waals surface area contributed by atoms with E-state index in [1.165, 1.54) is 0 Å². The summed E-state index contributed by atoms with van der Waals surface area (Å²) in [6.45, 7) is 0.196. The van der Waals surface area contributed by atoms with E-state index in [9.17, 15) is 4.79 Å². The van der Waals surface area contributed by atoms with Gasteiger partial charge < -0.3 is 19.9 Å². The molecular weight excluding hydrogens is 258 g/mol. The summed E-state index contributed by atoms with van der Waals surface area (Å²) >= 11 is 0. The van der Waals surface area contributed by atoms with Crippen LogP contribution in [0.15, 0.2) is 48.5 Å². The Hall–Kier alpha value is -2.69. The first-order chi connectivity index (χ1) is 9.74. The SMILES string of the molecule is O=C(O)NC(c1ccccc1)c1ccc2c(c1)OCO2. The molecule has 1 unspecified atom stereocenters. The van der Waals surface area contributed by atoms with Crippen LogP contribution >= 0.6 is 0 Å². The summed E-state index contributed by atoms with van der Waals surface area (Å²) < 4.78 is 10.6. The quantitative estimate of drug-likeness (QED) is 0.900. The first-order valence-electron chi connectivity index (χ1n) is 6.18. The fourth-order valence-corrected chi connectivity index (χ4v) is 2.22. The molecule has 1 aliphatic rings.